The lowest BCUT2D eigenvalue weighted by molar-refractivity contribution is -0.113. The Balaban J connectivity index is 1.59. The number of thioether (sulfide) groups is 1. The van der Waals surface area contributed by atoms with Gasteiger partial charge < -0.3 is 5.32 Å². The van der Waals surface area contributed by atoms with E-state index in [4.69, 9.17) is 0 Å². The molecule has 0 fully saturated rings. The van der Waals surface area contributed by atoms with E-state index in [0.717, 1.165) is 27.5 Å². The summed E-state index contributed by atoms with van der Waals surface area (Å²) in [5.41, 5.74) is 6.30. The number of aryl methyl sites for hydroxylation is 3. The van der Waals surface area contributed by atoms with E-state index in [1.165, 1.54) is 22.9 Å². The number of rotatable bonds is 5. The van der Waals surface area contributed by atoms with Crippen molar-refractivity contribution in [3.63, 3.8) is 0 Å². The van der Waals surface area contributed by atoms with Crippen molar-refractivity contribution >= 4 is 23.4 Å². The molecule has 1 amide bonds. The zero-order valence-corrected chi connectivity index (χ0v) is 15.9. The molecule has 2 aromatic carbocycles. The number of carbonyl (C=O) groups excluding carboxylic acids is 1. The summed E-state index contributed by atoms with van der Waals surface area (Å²) in [4.78, 5) is 12.1. The van der Waals surface area contributed by atoms with E-state index >= 15 is 0 Å². The molecule has 0 saturated carbocycles. The predicted molar refractivity (Wildman–Crippen MR) is 107 cm³/mol. The second kappa shape index (κ2) is 8.15. The molecule has 132 valence electrons. The van der Waals surface area contributed by atoms with Crippen LogP contribution in [-0.4, -0.2) is 21.9 Å². The Kier molecular flexibility index (Phi) is 5.68. The second-order valence-corrected chi connectivity index (χ2v) is 7.27. The molecule has 0 aliphatic rings. The van der Waals surface area contributed by atoms with Crippen LogP contribution in [0.25, 0.3) is 11.3 Å². The van der Waals surface area contributed by atoms with Gasteiger partial charge in [-0.25, -0.2) is 0 Å². The lowest BCUT2D eigenvalue weighted by Gasteiger charge is -2.07. The van der Waals surface area contributed by atoms with Gasteiger partial charge in [0.05, 0.1) is 11.4 Å². The van der Waals surface area contributed by atoms with Crippen molar-refractivity contribution in [2.75, 3.05) is 11.1 Å². The monoisotopic (exact) mass is 363 g/mol. The van der Waals surface area contributed by atoms with Gasteiger partial charge in [0, 0.05) is 11.3 Å². The zero-order chi connectivity index (χ0) is 18.5. The van der Waals surface area contributed by atoms with Crippen LogP contribution in [0, 0.1) is 20.8 Å². The standard InChI is InChI=1S/C21H21N3OS/c1-14-4-7-17(8-5-14)22-20(25)13-26-21-11-10-19(23-24-21)18-9-6-15(2)12-16(18)3/h4-12H,13H2,1-3H3,(H,22,25). The van der Waals surface area contributed by atoms with E-state index in [1.807, 2.05) is 43.3 Å². The molecule has 5 heteroatoms. The van der Waals surface area contributed by atoms with E-state index in [0.29, 0.717) is 5.75 Å². The van der Waals surface area contributed by atoms with Gasteiger partial charge in [0.1, 0.15) is 5.03 Å². The van der Waals surface area contributed by atoms with Crippen molar-refractivity contribution in [1.29, 1.82) is 0 Å². The molecule has 0 aliphatic heterocycles. The Labute approximate surface area is 158 Å². The van der Waals surface area contributed by atoms with E-state index in [-0.39, 0.29) is 5.91 Å². The third-order valence-corrected chi connectivity index (χ3v) is 4.90. The highest BCUT2D eigenvalue weighted by Gasteiger charge is 2.07. The largest absolute Gasteiger partial charge is 0.325 e. The molecule has 26 heavy (non-hydrogen) atoms. The molecule has 1 N–H and O–H groups in total. The lowest BCUT2D eigenvalue weighted by Crippen LogP contribution is -2.14. The topological polar surface area (TPSA) is 54.9 Å². The van der Waals surface area contributed by atoms with Crippen LogP contribution in [0.4, 0.5) is 5.69 Å². The number of hydrogen-bond acceptors (Lipinski definition) is 4. The fourth-order valence-electron chi connectivity index (χ4n) is 2.62. The van der Waals surface area contributed by atoms with Crippen LogP contribution < -0.4 is 5.32 Å². The fraction of sp³-hybridized carbons (Fsp3) is 0.190. The van der Waals surface area contributed by atoms with Gasteiger partial charge >= 0.3 is 0 Å². The van der Waals surface area contributed by atoms with Crippen LogP contribution in [0.5, 0.6) is 0 Å². The smallest absolute Gasteiger partial charge is 0.234 e. The molecule has 0 atom stereocenters. The number of anilines is 1. The molecule has 0 spiro atoms. The van der Waals surface area contributed by atoms with Gasteiger partial charge in [0.2, 0.25) is 5.91 Å². The number of carbonyl (C=O) groups is 1. The molecule has 0 radical (unpaired) electrons. The summed E-state index contributed by atoms with van der Waals surface area (Å²) < 4.78 is 0. The highest BCUT2D eigenvalue weighted by atomic mass is 32.2. The first-order valence-electron chi connectivity index (χ1n) is 8.42. The summed E-state index contributed by atoms with van der Waals surface area (Å²) in [6.07, 6.45) is 0. The van der Waals surface area contributed by atoms with Gasteiger partial charge in [-0.3, -0.25) is 4.79 Å². The van der Waals surface area contributed by atoms with Crippen LogP contribution in [0.3, 0.4) is 0 Å². The van der Waals surface area contributed by atoms with Crippen molar-refractivity contribution in [1.82, 2.24) is 10.2 Å². The highest BCUT2D eigenvalue weighted by molar-refractivity contribution is 7.99. The third kappa shape index (κ3) is 4.70. The highest BCUT2D eigenvalue weighted by Crippen LogP contribution is 2.23. The molecule has 0 bridgehead atoms. The minimum Gasteiger partial charge on any atom is -0.325 e. The lowest BCUT2D eigenvalue weighted by atomic mass is 10.0. The molecule has 1 heterocycles. The maximum atomic E-state index is 12.1. The number of amides is 1. The quantitative estimate of drug-likeness (QED) is 0.662. The molecule has 3 rings (SSSR count). The first kappa shape index (κ1) is 18.1. The van der Waals surface area contributed by atoms with Gasteiger partial charge in [-0.05, 0) is 50.6 Å². The van der Waals surface area contributed by atoms with Gasteiger partial charge in [0.15, 0.2) is 0 Å². The predicted octanol–water partition coefficient (Wildman–Crippen LogP) is 4.80. The maximum absolute atomic E-state index is 12.1. The van der Waals surface area contributed by atoms with Gasteiger partial charge in [-0.1, -0.05) is 53.2 Å². The van der Waals surface area contributed by atoms with E-state index in [9.17, 15) is 4.79 Å². The molecule has 0 saturated heterocycles. The second-order valence-electron chi connectivity index (χ2n) is 6.28. The summed E-state index contributed by atoms with van der Waals surface area (Å²) in [5.74, 6) is 0.241. The molecule has 1 aromatic heterocycles. The van der Waals surface area contributed by atoms with Crippen LogP contribution in [-0.2, 0) is 4.79 Å². The number of nitrogens with zero attached hydrogens (tertiary/aromatic N) is 2. The van der Waals surface area contributed by atoms with Crippen molar-refractivity contribution in [2.45, 2.75) is 25.8 Å². The van der Waals surface area contributed by atoms with Gasteiger partial charge in [0.25, 0.3) is 0 Å². The summed E-state index contributed by atoms with van der Waals surface area (Å²) in [5, 5.41) is 12.2. The SMILES string of the molecule is Cc1ccc(NC(=O)CSc2ccc(-c3ccc(C)cc3C)nn2)cc1. The number of nitrogens with one attached hydrogen (secondary N) is 1. The van der Waals surface area contributed by atoms with Crippen molar-refractivity contribution in [2.24, 2.45) is 0 Å². The Morgan fingerprint density at radius 1 is 0.923 bits per heavy atom. The van der Waals surface area contributed by atoms with Crippen molar-refractivity contribution in [3.05, 3.63) is 71.3 Å². The molecule has 0 unspecified atom stereocenters. The summed E-state index contributed by atoms with van der Waals surface area (Å²) >= 11 is 1.38. The average molecular weight is 363 g/mol. The first-order chi connectivity index (χ1) is 12.5. The fourth-order valence-corrected chi connectivity index (χ4v) is 3.23. The van der Waals surface area contributed by atoms with E-state index < -0.39 is 0 Å². The molecular formula is C21H21N3OS. The minimum atomic E-state index is -0.0564. The van der Waals surface area contributed by atoms with Crippen molar-refractivity contribution < 1.29 is 4.79 Å². The number of aromatic nitrogens is 2. The minimum absolute atomic E-state index is 0.0564. The molecule has 4 nitrogen and oxygen atoms in total. The normalized spacial score (nSPS) is 10.6. The van der Waals surface area contributed by atoms with E-state index in [2.05, 4.69) is 47.6 Å². The number of benzene rings is 2. The number of hydrogen-bond donors (Lipinski definition) is 1. The third-order valence-electron chi connectivity index (χ3n) is 3.98. The van der Waals surface area contributed by atoms with Crippen LogP contribution in [0.15, 0.2) is 59.6 Å². The molecule has 3 aromatic rings. The Morgan fingerprint density at radius 2 is 1.65 bits per heavy atom. The summed E-state index contributed by atoms with van der Waals surface area (Å²) in [7, 11) is 0. The van der Waals surface area contributed by atoms with Gasteiger partial charge in [-0.15, -0.1) is 10.2 Å². The van der Waals surface area contributed by atoms with Crippen LogP contribution in [0.2, 0.25) is 0 Å². The Bertz CT molecular complexity index is 906. The van der Waals surface area contributed by atoms with Gasteiger partial charge in [-0.2, -0.15) is 0 Å². The maximum Gasteiger partial charge on any atom is 0.234 e. The molecule has 0 aliphatic carbocycles. The Morgan fingerprint density at radius 3 is 2.31 bits per heavy atom. The summed E-state index contributed by atoms with van der Waals surface area (Å²) in [6, 6.07) is 17.9. The Hall–Kier alpha value is -2.66. The van der Waals surface area contributed by atoms with Crippen LogP contribution in [0.1, 0.15) is 16.7 Å². The average Bonchev–Trinajstić information content (AvgIpc) is 2.63. The molecular weight excluding hydrogens is 342 g/mol. The first-order valence-corrected chi connectivity index (χ1v) is 9.40. The van der Waals surface area contributed by atoms with Crippen LogP contribution >= 0.6 is 11.8 Å². The van der Waals surface area contributed by atoms with E-state index in [1.54, 1.807) is 0 Å². The van der Waals surface area contributed by atoms with Crippen molar-refractivity contribution in [3.8, 4) is 11.3 Å². The summed E-state index contributed by atoms with van der Waals surface area (Å²) in [6.45, 7) is 6.16. The zero-order valence-electron chi connectivity index (χ0n) is 15.1.